The summed E-state index contributed by atoms with van der Waals surface area (Å²) in [5, 5.41) is 9.11. The van der Waals surface area contributed by atoms with Gasteiger partial charge in [0.2, 0.25) is 0 Å². The number of ketones is 1. The van der Waals surface area contributed by atoms with E-state index in [2.05, 4.69) is 0 Å². The van der Waals surface area contributed by atoms with E-state index in [1.165, 1.54) is 48.5 Å². The van der Waals surface area contributed by atoms with Gasteiger partial charge in [-0.3, -0.25) is 4.79 Å². The van der Waals surface area contributed by atoms with Crippen LogP contribution in [0.1, 0.15) is 15.9 Å². The Hall–Kier alpha value is -2.54. The molecule has 20 heavy (non-hydrogen) atoms. The molecule has 0 radical (unpaired) electrons. The van der Waals surface area contributed by atoms with Crippen LogP contribution in [0.5, 0.6) is 0 Å². The van der Waals surface area contributed by atoms with Crippen molar-refractivity contribution in [3.8, 4) is 6.07 Å². The predicted octanol–water partition coefficient (Wildman–Crippen LogP) is 3.53. The molecule has 1 unspecified atom stereocenters. The molecule has 0 fully saturated rings. The lowest BCUT2D eigenvalue weighted by Crippen LogP contribution is -2.15. The second-order valence-electron chi connectivity index (χ2n) is 4.38. The minimum atomic E-state index is -0.870. The fourth-order valence-corrected chi connectivity index (χ4v) is 1.87. The van der Waals surface area contributed by atoms with E-state index in [-0.39, 0.29) is 18.0 Å². The molecule has 0 aliphatic heterocycles. The summed E-state index contributed by atoms with van der Waals surface area (Å²) >= 11 is 0. The van der Waals surface area contributed by atoms with Crippen molar-refractivity contribution in [3.05, 3.63) is 71.3 Å². The molecule has 0 saturated heterocycles. The molecule has 0 aromatic heterocycles. The van der Waals surface area contributed by atoms with Crippen molar-refractivity contribution < 1.29 is 13.6 Å². The van der Waals surface area contributed by atoms with Crippen molar-refractivity contribution in [2.75, 3.05) is 0 Å². The second-order valence-corrected chi connectivity index (χ2v) is 4.38. The smallest absolute Gasteiger partial charge is 0.180 e. The predicted molar refractivity (Wildman–Crippen MR) is 69.9 cm³/mol. The first-order chi connectivity index (χ1) is 9.60. The highest BCUT2D eigenvalue weighted by molar-refractivity contribution is 5.99. The normalized spacial score (nSPS) is 11.7. The first-order valence-electron chi connectivity index (χ1n) is 6.04. The van der Waals surface area contributed by atoms with Gasteiger partial charge in [-0.2, -0.15) is 5.26 Å². The molecule has 0 amide bonds. The summed E-state index contributed by atoms with van der Waals surface area (Å²) in [4.78, 5) is 12.1. The Kier molecular flexibility index (Phi) is 4.21. The Morgan fingerprint density at radius 1 is 1.00 bits per heavy atom. The summed E-state index contributed by atoms with van der Waals surface area (Å²) in [6.07, 6.45) is 0.201. The molecule has 2 rings (SSSR count). The molecule has 2 nitrogen and oxygen atoms in total. The average Bonchev–Trinajstić information content (AvgIpc) is 2.47. The maximum absolute atomic E-state index is 12.8. The van der Waals surface area contributed by atoms with Crippen LogP contribution in [0.2, 0.25) is 0 Å². The summed E-state index contributed by atoms with van der Waals surface area (Å²) in [5.41, 5.74) is 0.994. The number of carbonyl (C=O) groups excluding carboxylic acids is 1. The van der Waals surface area contributed by atoms with Crippen molar-refractivity contribution >= 4 is 5.78 Å². The van der Waals surface area contributed by atoms with Crippen LogP contribution in [0.25, 0.3) is 0 Å². The molecule has 0 bridgehead atoms. The van der Waals surface area contributed by atoms with E-state index in [0.717, 1.165) is 0 Å². The fourth-order valence-electron chi connectivity index (χ4n) is 1.87. The van der Waals surface area contributed by atoms with Gasteiger partial charge in [-0.1, -0.05) is 12.1 Å². The Morgan fingerprint density at radius 3 is 2.00 bits per heavy atom. The van der Waals surface area contributed by atoms with Gasteiger partial charge in [-0.05, 0) is 48.4 Å². The molecule has 100 valence electrons. The van der Waals surface area contributed by atoms with Crippen LogP contribution < -0.4 is 0 Å². The van der Waals surface area contributed by atoms with E-state index in [4.69, 9.17) is 5.26 Å². The Bertz CT molecular complexity index is 642. The molecule has 0 N–H and O–H groups in total. The first kappa shape index (κ1) is 13.9. The van der Waals surface area contributed by atoms with Crippen LogP contribution in [0.15, 0.2) is 48.5 Å². The van der Waals surface area contributed by atoms with Crippen molar-refractivity contribution in [1.29, 1.82) is 5.26 Å². The third-order valence-electron chi connectivity index (χ3n) is 2.95. The van der Waals surface area contributed by atoms with Crippen molar-refractivity contribution in [3.63, 3.8) is 0 Å². The summed E-state index contributed by atoms with van der Waals surface area (Å²) in [6.45, 7) is 0. The number of halogens is 2. The quantitative estimate of drug-likeness (QED) is 0.798. The van der Waals surface area contributed by atoms with Crippen LogP contribution in [0, 0.1) is 28.9 Å². The number of benzene rings is 2. The highest BCUT2D eigenvalue weighted by Crippen LogP contribution is 2.15. The monoisotopic (exact) mass is 271 g/mol. The molecule has 0 saturated carbocycles. The van der Waals surface area contributed by atoms with E-state index in [9.17, 15) is 13.6 Å². The van der Waals surface area contributed by atoms with Crippen molar-refractivity contribution in [2.45, 2.75) is 6.42 Å². The molecule has 0 aliphatic carbocycles. The third-order valence-corrected chi connectivity index (χ3v) is 2.95. The van der Waals surface area contributed by atoms with Crippen LogP contribution in [-0.2, 0) is 6.42 Å². The number of rotatable bonds is 4. The molecular weight excluding hydrogens is 260 g/mol. The molecule has 2 aromatic rings. The van der Waals surface area contributed by atoms with Crippen molar-refractivity contribution in [2.24, 2.45) is 5.92 Å². The molecule has 0 aliphatic rings. The Labute approximate surface area is 115 Å². The molecular formula is C16H11F2NO. The lowest BCUT2D eigenvalue weighted by Gasteiger charge is -2.08. The molecule has 2 aromatic carbocycles. The van der Waals surface area contributed by atoms with Gasteiger partial charge in [0.15, 0.2) is 5.78 Å². The zero-order valence-electron chi connectivity index (χ0n) is 10.5. The Balaban J connectivity index is 2.16. The second kappa shape index (κ2) is 6.07. The van der Waals surface area contributed by atoms with Crippen LogP contribution in [0.4, 0.5) is 8.78 Å². The van der Waals surface area contributed by atoms with E-state index >= 15 is 0 Å². The minimum absolute atomic E-state index is 0.201. The lowest BCUT2D eigenvalue weighted by molar-refractivity contribution is 0.0948. The summed E-state index contributed by atoms with van der Waals surface area (Å²) in [5.74, 6) is -2.04. The van der Waals surface area contributed by atoms with Crippen LogP contribution >= 0.6 is 0 Å². The number of hydrogen-bond donors (Lipinski definition) is 0. The van der Waals surface area contributed by atoms with Gasteiger partial charge >= 0.3 is 0 Å². The molecule has 0 heterocycles. The summed E-state index contributed by atoms with van der Waals surface area (Å²) in [7, 11) is 0. The number of carbonyl (C=O) groups is 1. The van der Waals surface area contributed by atoms with Gasteiger partial charge in [-0.25, -0.2) is 8.78 Å². The van der Waals surface area contributed by atoms with E-state index in [1.54, 1.807) is 0 Å². The largest absolute Gasteiger partial charge is 0.293 e. The summed E-state index contributed by atoms with van der Waals surface area (Å²) in [6, 6.07) is 12.7. The minimum Gasteiger partial charge on any atom is -0.293 e. The van der Waals surface area contributed by atoms with Gasteiger partial charge in [0, 0.05) is 5.56 Å². The lowest BCUT2D eigenvalue weighted by atomic mass is 9.92. The van der Waals surface area contributed by atoms with Gasteiger partial charge in [0.1, 0.15) is 17.6 Å². The highest BCUT2D eigenvalue weighted by Gasteiger charge is 2.20. The summed E-state index contributed by atoms with van der Waals surface area (Å²) < 4.78 is 25.6. The van der Waals surface area contributed by atoms with Crippen LogP contribution in [0.3, 0.4) is 0 Å². The van der Waals surface area contributed by atoms with Gasteiger partial charge in [0.05, 0.1) is 6.07 Å². The van der Waals surface area contributed by atoms with E-state index in [0.29, 0.717) is 11.1 Å². The Morgan fingerprint density at radius 2 is 1.50 bits per heavy atom. The van der Waals surface area contributed by atoms with Gasteiger partial charge < -0.3 is 0 Å². The van der Waals surface area contributed by atoms with Gasteiger partial charge in [0.25, 0.3) is 0 Å². The number of Topliss-reactive ketones (excluding diaryl/α,β-unsaturated/α-hetero) is 1. The van der Waals surface area contributed by atoms with Crippen LogP contribution in [-0.4, -0.2) is 5.78 Å². The van der Waals surface area contributed by atoms with Crippen molar-refractivity contribution in [1.82, 2.24) is 0 Å². The average molecular weight is 271 g/mol. The maximum atomic E-state index is 12.8. The molecule has 0 spiro atoms. The fraction of sp³-hybridized carbons (Fsp3) is 0.125. The van der Waals surface area contributed by atoms with E-state index in [1.807, 2.05) is 6.07 Å². The highest BCUT2D eigenvalue weighted by atomic mass is 19.1. The zero-order chi connectivity index (χ0) is 14.5. The number of nitriles is 1. The zero-order valence-corrected chi connectivity index (χ0v) is 10.5. The SMILES string of the molecule is N#CC(Cc1ccc(F)cc1)C(=O)c1ccc(F)cc1. The van der Waals surface area contributed by atoms with E-state index < -0.39 is 11.7 Å². The topological polar surface area (TPSA) is 40.9 Å². The first-order valence-corrected chi connectivity index (χ1v) is 6.04. The molecule has 1 atom stereocenters. The third kappa shape index (κ3) is 3.27. The standard InChI is InChI=1S/C16H11F2NO/c17-14-5-1-11(2-6-14)9-13(10-19)16(20)12-3-7-15(18)8-4-12/h1-8,13H,9H2. The molecule has 4 heteroatoms. The van der Waals surface area contributed by atoms with Gasteiger partial charge in [-0.15, -0.1) is 0 Å². The maximum Gasteiger partial charge on any atom is 0.180 e. The number of nitrogens with zero attached hydrogens (tertiary/aromatic N) is 1. The number of hydrogen-bond acceptors (Lipinski definition) is 2.